The van der Waals surface area contributed by atoms with Crippen molar-refractivity contribution in [2.45, 2.75) is 18.4 Å². The van der Waals surface area contributed by atoms with Gasteiger partial charge >= 0.3 is 12.1 Å². The molecular formula is C19H18N2O5. The van der Waals surface area contributed by atoms with Crippen molar-refractivity contribution in [3.8, 4) is 11.1 Å². The molecule has 4 N–H and O–H groups in total. The van der Waals surface area contributed by atoms with Crippen LogP contribution in [0.25, 0.3) is 11.1 Å². The number of benzene rings is 2. The van der Waals surface area contributed by atoms with Crippen molar-refractivity contribution in [3.63, 3.8) is 0 Å². The summed E-state index contributed by atoms with van der Waals surface area (Å²) in [6.45, 7) is 0.0679. The number of carbonyl (C=O) groups excluding carboxylic acids is 2. The highest BCUT2D eigenvalue weighted by Crippen LogP contribution is 2.44. The third kappa shape index (κ3) is 3.51. The van der Waals surface area contributed by atoms with Crippen LogP contribution in [0.15, 0.2) is 48.5 Å². The predicted molar refractivity (Wildman–Crippen MR) is 93.4 cm³/mol. The van der Waals surface area contributed by atoms with E-state index >= 15 is 0 Å². The Balaban J connectivity index is 1.71. The van der Waals surface area contributed by atoms with Gasteiger partial charge in [0, 0.05) is 5.92 Å². The Kier molecular flexibility index (Phi) is 4.88. The monoisotopic (exact) mass is 354 g/mol. The summed E-state index contributed by atoms with van der Waals surface area (Å²) in [6, 6.07) is 14.4. The van der Waals surface area contributed by atoms with E-state index in [0.717, 1.165) is 22.3 Å². The van der Waals surface area contributed by atoms with Gasteiger partial charge in [-0.05, 0) is 22.3 Å². The molecule has 0 aromatic heterocycles. The molecule has 1 aliphatic rings. The number of carbonyl (C=O) groups is 3. The van der Waals surface area contributed by atoms with Gasteiger partial charge in [0.2, 0.25) is 5.91 Å². The third-order valence-electron chi connectivity index (χ3n) is 4.36. The van der Waals surface area contributed by atoms with Gasteiger partial charge in [0.25, 0.3) is 0 Å². The summed E-state index contributed by atoms with van der Waals surface area (Å²) in [7, 11) is 0. The maximum atomic E-state index is 12.0. The number of primary amides is 1. The smallest absolute Gasteiger partial charge is 0.407 e. The molecule has 0 saturated carbocycles. The zero-order valence-corrected chi connectivity index (χ0v) is 13.8. The first-order chi connectivity index (χ1) is 12.5. The van der Waals surface area contributed by atoms with E-state index in [4.69, 9.17) is 15.6 Å². The average molecular weight is 354 g/mol. The minimum Gasteiger partial charge on any atom is -0.481 e. The highest BCUT2D eigenvalue weighted by Gasteiger charge is 2.29. The van der Waals surface area contributed by atoms with Gasteiger partial charge in [0.15, 0.2) is 0 Å². The Labute approximate surface area is 149 Å². The van der Waals surface area contributed by atoms with E-state index in [2.05, 4.69) is 5.32 Å². The SMILES string of the molecule is NC(=O)[C@@H](CC(=O)O)NC(=O)OCC1c2ccccc2-c2ccccc21. The van der Waals surface area contributed by atoms with Gasteiger partial charge in [-0.1, -0.05) is 48.5 Å². The number of nitrogens with one attached hydrogen (secondary N) is 1. The van der Waals surface area contributed by atoms with Gasteiger partial charge in [-0.25, -0.2) is 4.79 Å². The lowest BCUT2D eigenvalue weighted by atomic mass is 9.98. The molecule has 26 heavy (non-hydrogen) atoms. The molecule has 7 nitrogen and oxygen atoms in total. The lowest BCUT2D eigenvalue weighted by Gasteiger charge is -2.17. The Hall–Kier alpha value is -3.35. The number of hydrogen-bond donors (Lipinski definition) is 3. The molecule has 2 amide bonds. The highest BCUT2D eigenvalue weighted by atomic mass is 16.5. The number of hydrogen-bond acceptors (Lipinski definition) is 4. The summed E-state index contributed by atoms with van der Waals surface area (Å²) in [4.78, 5) is 34.0. The molecule has 0 saturated heterocycles. The molecule has 0 aliphatic heterocycles. The normalized spacial score (nSPS) is 13.4. The largest absolute Gasteiger partial charge is 0.481 e. The third-order valence-corrected chi connectivity index (χ3v) is 4.36. The number of amides is 2. The number of ether oxygens (including phenoxy) is 1. The molecule has 3 rings (SSSR count). The fraction of sp³-hybridized carbons (Fsp3) is 0.211. The molecule has 1 atom stereocenters. The minimum atomic E-state index is -1.32. The number of nitrogens with two attached hydrogens (primary N) is 1. The van der Waals surface area contributed by atoms with Gasteiger partial charge in [0.1, 0.15) is 12.6 Å². The molecular weight excluding hydrogens is 336 g/mol. The van der Waals surface area contributed by atoms with Crippen LogP contribution in [0.2, 0.25) is 0 Å². The summed E-state index contributed by atoms with van der Waals surface area (Å²) in [5.41, 5.74) is 9.40. The zero-order valence-electron chi connectivity index (χ0n) is 13.8. The first-order valence-corrected chi connectivity index (χ1v) is 8.10. The lowest BCUT2D eigenvalue weighted by Crippen LogP contribution is -2.46. The number of rotatable bonds is 6. The van der Waals surface area contributed by atoms with Crippen LogP contribution in [0.3, 0.4) is 0 Å². The van der Waals surface area contributed by atoms with Crippen LogP contribution in [-0.2, 0) is 14.3 Å². The second-order valence-corrected chi connectivity index (χ2v) is 6.02. The van der Waals surface area contributed by atoms with E-state index in [1.165, 1.54) is 0 Å². The standard InChI is InChI=1S/C19H18N2O5/c20-18(24)16(9-17(22)23)21-19(25)26-10-15-13-7-3-1-5-11(13)12-6-2-4-8-14(12)15/h1-8,15-16H,9-10H2,(H2,20,24)(H,21,25)(H,22,23)/t16-/m1/s1. The quantitative estimate of drug-likeness (QED) is 0.731. The highest BCUT2D eigenvalue weighted by molar-refractivity contribution is 5.88. The van der Waals surface area contributed by atoms with Crippen molar-refractivity contribution < 1.29 is 24.2 Å². The summed E-state index contributed by atoms with van der Waals surface area (Å²) in [5.74, 6) is -2.30. The first-order valence-electron chi connectivity index (χ1n) is 8.10. The molecule has 0 bridgehead atoms. The summed E-state index contributed by atoms with van der Waals surface area (Å²) < 4.78 is 5.25. The van der Waals surface area contributed by atoms with Crippen LogP contribution < -0.4 is 11.1 Å². The zero-order chi connectivity index (χ0) is 18.7. The second kappa shape index (κ2) is 7.26. The number of carboxylic acid groups (broad SMARTS) is 1. The number of carboxylic acids is 1. The van der Waals surface area contributed by atoms with Gasteiger partial charge in [0.05, 0.1) is 6.42 Å². The van der Waals surface area contributed by atoms with E-state index in [-0.39, 0.29) is 12.5 Å². The number of alkyl carbamates (subject to hydrolysis) is 1. The fourth-order valence-electron chi connectivity index (χ4n) is 3.18. The van der Waals surface area contributed by atoms with Crippen LogP contribution in [0.4, 0.5) is 4.79 Å². The molecule has 0 fully saturated rings. The molecule has 0 spiro atoms. The molecule has 7 heteroatoms. The lowest BCUT2D eigenvalue weighted by molar-refractivity contribution is -0.139. The van der Waals surface area contributed by atoms with Crippen molar-refractivity contribution in [2.75, 3.05) is 6.61 Å². The average Bonchev–Trinajstić information content (AvgIpc) is 2.93. The predicted octanol–water partition coefficient (Wildman–Crippen LogP) is 1.85. The maximum Gasteiger partial charge on any atom is 0.407 e. The van der Waals surface area contributed by atoms with Gasteiger partial charge < -0.3 is 20.9 Å². The molecule has 2 aromatic rings. The van der Waals surface area contributed by atoms with E-state index in [9.17, 15) is 14.4 Å². The van der Waals surface area contributed by atoms with Gasteiger partial charge in [-0.2, -0.15) is 0 Å². The van der Waals surface area contributed by atoms with Crippen LogP contribution >= 0.6 is 0 Å². The van der Waals surface area contributed by atoms with Crippen LogP contribution in [-0.4, -0.2) is 35.7 Å². The number of aliphatic carboxylic acids is 1. The van der Waals surface area contributed by atoms with Crippen molar-refractivity contribution in [3.05, 3.63) is 59.7 Å². The number of fused-ring (bicyclic) bond motifs is 3. The first kappa shape index (κ1) is 17.5. The van der Waals surface area contributed by atoms with E-state index in [1.807, 2.05) is 48.5 Å². The Morgan fingerprint density at radius 1 is 1.04 bits per heavy atom. The summed E-state index contributed by atoms with van der Waals surface area (Å²) in [5, 5.41) is 11.0. The van der Waals surface area contributed by atoms with Crippen molar-refractivity contribution in [1.29, 1.82) is 0 Å². The van der Waals surface area contributed by atoms with Crippen molar-refractivity contribution in [1.82, 2.24) is 5.32 Å². The van der Waals surface area contributed by atoms with Crippen LogP contribution in [0.5, 0.6) is 0 Å². The van der Waals surface area contributed by atoms with Crippen molar-refractivity contribution >= 4 is 18.0 Å². The molecule has 0 heterocycles. The molecule has 2 aromatic carbocycles. The van der Waals surface area contributed by atoms with E-state index < -0.39 is 30.4 Å². The molecule has 1 aliphatic carbocycles. The van der Waals surface area contributed by atoms with E-state index in [0.29, 0.717) is 0 Å². The minimum absolute atomic E-state index is 0.0679. The maximum absolute atomic E-state index is 12.0. The Morgan fingerprint density at radius 2 is 1.58 bits per heavy atom. The van der Waals surface area contributed by atoms with Gasteiger partial charge in [-0.3, -0.25) is 9.59 Å². The topological polar surface area (TPSA) is 119 Å². The van der Waals surface area contributed by atoms with Crippen LogP contribution in [0.1, 0.15) is 23.5 Å². The second-order valence-electron chi connectivity index (χ2n) is 6.02. The Bertz CT molecular complexity index is 819. The molecule has 134 valence electrons. The molecule has 0 unspecified atom stereocenters. The molecule has 0 radical (unpaired) electrons. The summed E-state index contributed by atoms with van der Waals surface area (Å²) in [6.07, 6.45) is -1.48. The van der Waals surface area contributed by atoms with Gasteiger partial charge in [-0.15, -0.1) is 0 Å². The Morgan fingerprint density at radius 3 is 2.08 bits per heavy atom. The fourth-order valence-corrected chi connectivity index (χ4v) is 3.18. The summed E-state index contributed by atoms with van der Waals surface area (Å²) >= 11 is 0. The van der Waals surface area contributed by atoms with Crippen LogP contribution in [0, 0.1) is 0 Å². The van der Waals surface area contributed by atoms with Crippen molar-refractivity contribution in [2.24, 2.45) is 5.73 Å². The van der Waals surface area contributed by atoms with E-state index in [1.54, 1.807) is 0 Å².